The highest BCUT2D eigenvalue weighted by molar-refractivity contribution is 6.31. The standard InChI is InChI=1S/C24H28N2O7/c1-9(2)12-8-14(26(3)4)13-6-10-5-11-7-15(27)18(23(25)32)22(31)24(11,33)21(30)16(10)20(29)17(13)19(12)28/h8-11,16,18,28,33H,5-7H2,1-4H3,(H2,25,32)/t10-,11+,16?,18?,24+/m1/s1. The number of hydrogen-bond donors (Lipinski definition) is 3. The zero-order valence-electron chi connectivity index (χ0n) is 19.0. The number of nitrogens with two attached hydrogens (primary N) is 1. The van der Waals surface area contributed by atoms with E-state index in [1.807, 2.05) is 38.9 Å². The normalized spacial score (nSPS) is 31.2. The molecule has 0 aliphatic heterocycles. The Balaban J connectivity index is 1.87. The van der Waals surface area contributed by atoms with Gasteiger partial charge in [-0.3, -0.25) is 24.0 Å². The van der Waals surface area contributed by atoms with Gasteiger partial charge in [0.2, 0.25) is 5.91 Å². The number of rotatable bonds is 3. The number of carbonyl (C=O) groups excluding carboxylic acids is 5. The first kappa shape index (κ1) is 23.1. The third-order valence-corrected chi connectivity index (χ3v) is 7.51. The van der Waals surface area contributed by atoms with Crippen LogP contribution < -0.4 is 10.6 Å². The van der Waals surface area contributed by atoms with Crippen LogP contribution in [0.5, 0.6) is 5.75 Å². The Labute approximate surface area is 190 Å². The van der Waals surface area contributed by atoms with Crippen molar-refractivity contribution in [3.8, 4) is 5.75 Å². The molecule has 1 aromatic carbocycles. The first-order chi connectivity index (χ1) is 15.3. The zero-order chi connectivity index (χ0) is 24.6. The van der Waals surface area contributed by atoms with Gasteiger partial charge in [0, 0.05) is 32.1 Å². The molecule has 0 radical (unpaired) electrons. The minimum absolute atomic E-state index is 0.0346. The summed E-state index contributed by atoms with van der Waals surface area (Å²) >= 11 is 0. The molecule has 3 aliphatic rings. The van der Waals surface area contributed by atoms with E-state index in [2.05, 4.69) is 0 Å². The number of Topliss-reactive ketones (excluding diaryl/α,β-unsaturated/α-hetero) is 4. The maximum atomic E-state index is 13.7. The number of amides is 1. The molecule has 176 valence electrons. The predicted molar refractivity (Wildman–Crippen MR) is 117 cm³/mol. The van der Waals surface area contributed by atoms with E-state index in [9.17, 15) is 34.2 Å². The topological polar surface area (TPSA) is 155 Å². The van der Waals surface area contributed by atoms with Gasteiger partial charge in [0.05, 0.1) is 11.5 Å². The highest BCUT2D eigenvalue weighted by atomic mass is 16.3. The van der Waals surface area contributed by atoms with E-state index in [1.54, 1.807) is 0 Å². The van der Waals surface area contributed by atoms with Crippen molar-refractivity contribution in [3.05, 3.63) is 22.8 Å². The first-order valence-corrected chi connectivity index (χ1v) is 11.1. The average Bonchev–Trinajstić information content (AvgIpc) is 2.70. The number of phenols is 1. The summed E-state index contributed by atoms with van der Waals surface area (Å²) in [6.45, 7) is 3.75. The molecule has 3 aliphatic carbocycles. The van der Waals surface area contributed by atoms with Crippen LogP contribution in [-0.4, -0.2) is 58.9 Å². The molecule has 0 saturated heterocycles. The SMILES string of the molecule is CC(C)c1cc(N(C)C)c2c(c1O)C(=O)C1C(=O)[C@]3(O)C(=O)C(C(N)=O)C(=O)C[C@@H]3C[C@@H]1C2. The van der Waals surface area contributed by atoms with Crippen LogP contribution in [0.3, 0.4) is 0 Å². The molecule has 1 amide bonds. The fourth-order valence-corrected chi connectivity index (χ4v) is 5.87. The number of carbonyl (C=O) groups is 5. The Hall–Kier alpha value is -3.07. The van der Waals surface area contributed by atoms with Crippen LogP contribution in [0.15, 0.2) is 6.07 Å². The average molecular weight is 456 g/mol. The molecule has 1 aromatic rings. The number of aliphatic hydroxyl groups is 1. The summed E-state index contributed by atoms with van der Waals surface area (Å²) in [4.78, 5) is 66.1. The maximum Gasteiger partial charge on any atom is 0.235 e. The van der Waals surface area contributed by atoms with Gasteiger partial charge in [-0.2, -0.15) is 0 Å². The van der Waals surface area contributed by atoms with Crippen LogP contribution in [0.25, 0.3) is 0 Å². The zero-order valence-corrected chi connectivity index (χ0v) is 19.0. The molecule has 4 rings (SSSR count). The van der Waals surface area contributed by atoms with Crippen LogP contribution in [0.1, 0.15) is 54.1 Å². The van der Waals surface area contributed by atoms with Gasteiger partial charge in [-0.15, -0.1) is 0 Å². The number of benzene rings is 1. The van der Waals surface area contributed by atoms with Crippen LogP contribution in [0, 0.1) is 23.7 Å². The Morgan fingerprint density at radius 1 is 1.15 bits per heavy atom. The van der Waals surface area contributed by atoms with E-state index < -0.39 is 58.3 Å². The van der Waals surface area contributed by atoms with Crippen molar-refractivity contribution in [1.29, 1.82) is 0 Å². The van der Waals surface area contributed by atoms with Gasteiger partial charge in [-0.1, -0.05) is 13.8 Å². The molecule has 9 nitrogen and oxygen atoms in total. The maximum absolute atomic E-state index is 13.7. The molecule has 0 spiro atoms. The highest BCUT2D eigenvalue weighted by Gasteiger charge is 2.66. The number of hydrogen-bond acceptors (Lipinski definition) is 8. The third-order valence-electron chi connectivity index (χ3n) is 7.51. The Morgan fingerprint density at radius 3 is 2.33 bits per heavy atom. The fraction of sp³-hybridized carbons (Fsp3) is 0.542. The molecule has 5 atom stereocenters. The second-order valence-electron chi connectivity index (χ2n) is 9.98. The Bertz CT molecular complexity index is 1120. The van der Waals surface area contributed by atoms with E-state index in [0.717, 1.165) is 5.69 Å². The fourth-order valence-electron chi connectivity index (χ4n) is 5.87. The van der Waals surface area contributed by atoms with Gasteiger partial charge >= 0.3 is 0 Å². The monoisotopic (exact) mass is 456 g/mol. The van der Waals surface area contributed by atoms with Crippen molar-refractivity contribution in [3.63, 3.8) is 0 Å². The van der Waals surface area contributed by atoms with Crippen molar-refractivity contribution in [2.75, 3.05) is 19.0 Å². The van der Waals surface area contributed by atoms with Gasteiger partial charge in [0.25, 0.3) is 0 Å². The molecular weight excluding hydrogens is 428 g/mol. The Kier molecular flexibility index (Phi) is 5.24. The molecule has 0 bridgehead atoms. The summed E-state index contributed by atoms with van der Waals surface area (Å²) in [5.41, 5.74) is 4.51. The molecule has 33 heavy (non-hydrogen) atoms. The lowest BCUT2D eigenvalue weighted by Gasteiger charge is -2.48. The lowest BCUT2D eigenvalue weighted by molar-refractivity contribution is -0.175. The van der Waals surface area contributed by atoms with Crippen LogP contribution in [-0.2, 0) is 25.6 Å². The van der Waals surface area contributed by atoms with Gasteiger partial charge in [-0.25, -0.2) is 0 Å². The molecule has 2 saturated carbocycles. The number of fused-ring (bicyclic) bond motifs is 3. The Morgan fingerprint density at radius 2 is 1.79 bits per heavy atom. The quantitative estimate of drug-likeness (QED) is 0.556. The van der Waals surface area contributed by atoms with Gasteiger partial charge in [0.15, 0.2) is 34.7 Å². The molecule has 0 heterocycles. The molecule has 2 unspecified atom stereocenters. The largest absolute Gasteiger partial charge is 0.507 e. The summed E-state index contributed by atoms with van der Waals surface area (Å²) in [6.07, 6.45) is 0.00960. The van der Waals surface area contributed by atoms with Gasteiger partial charge < -0.3 is 20.8 Å². The van der Waals surface area contributed by atoms with Crippen LogP contribution >= 0.6 is 0 Å². The van der Waals surface area contributed by atoms with Crippen molar-refractivity contribution >= 4 is 34.7 Å². The first-order valence-electron chi connectivity index (χ1n) is 11.1. The smallest absolute Gasteiger partial charge is 0.235 e. The minimum atomic E-state index is -2.63. The molecule has 4 N–H and O–H groups in total. The summed E-state index contributed by atoms with van der Waals surface area (Å²) < 4.78 is 0. The number of primary amides is 1. The molecule has 9 heteroatoms. The summed E-state index contributed by atoms with van der Waals surface area (Å²) in [7, 11) is 3.64. The summed E-state index contributed by atoms with van der Waals surface area (Å²) in [5.74, 6) is -9.97. The predicted octanol–water partition coefficient (Wildman–Crippen LogP) is 0.516. The highest BCUT2D eigenvalue weighted by Crippen LogP contribution is 2.52. The number of phenolic OH excluding ortho intramolecular Hbond substituents is 1. The van der Waals surface area contributed by atoms with Crippen LogP contribution in [0.4, 0.5) is 5.69 Å². The van der Waals surface area contributed by atoms with Crippen molar-refractivity contribution in [2.24, 2.45) is 29.4 Å². The van der Waals surface area contributed by atoms with Gasteiger partial charge in [0.1, 0.15) is 5.75 Å². The minimum Gasteiger partial charge on any atom is -0.507 e. The lowest BCUT2D eigenvalue weighted by Crippen LogP contribution is -2.68. The van der Waals surface area contributed by atoms with Crippen LogP contribution in [0.2, 0.25) is 0 Å². The summed E-state index contributed by atoms with van der Waals surface area (Å²) in [6, 6.07) is 1.83. The van der Waals surface area contributed by atoms with Crippen molar-refractivity contribution in [2.45, 2.75) is 44.6 Å². The molecular formula is C24H28N2O7. The third kappa shape index (κ3) is 3.05. The van der Waals surface area contributed by atoms with E-state index >= 15 is 0 Å². The van der Waals surface area contributed by atoms with E-state index in [0.29, 0.717) is 11.1 Å². The van der Waals surface area contributed by atoms with E-state index in [4.69, 9.17) is 5.73 Å². The van der Waals surface area contributed by atoms with E-state index in [1.165, 1.54) is 0 Å². The summed E-state index contributed by atoms with van der Waals surface area (Å²) in [5, 5.41) is 22.2. The van der Waals surface area contributed by atoms with E-state index in [-0.39, 0.29) is 36.5 Å². The molecule has 2 fully saturated rings. The number of anilines is 1. The second kappa shape index (κ2) is 7.48. The lowest BCUT2D eigenvalue weighted by atomic mass is 9.53. The number of nitrogens with zero attached hydrogens (tertiary/aromatic N) is 1. The van der Waals surface area contributed by atoms with Crippen molar-refractivity contribution in [1.82, 2.24) is 0 Å². The van der Waals surface area contributed by atoms with Crippen molar-refractivity contribution < 1.29 is 34.2 Å². The molecule has 0 aromatic heterocycles. The van der Waals surface area contributed by atoms with Gasteiger partial charge in [-0.05, 0) is 41.9 Å². The second-order valence-corrected chi connectivity index (χ2v) is 9.98. The number of aromatic hydroxyl groups is 1. The number of ketones is 4.